The van der Waals surface area contributed by atoms with Crippen molar-refractivity contribution in [3.63, 3.8) is 0 Å². The summed E-state index contributed by atoms with van der Waals surface area (Å²) in [6, 6.07) is 11.4. The lowest BCUT2D eigenvalue weighted by Gasteiger charge is -2.27. The average molecular weight is 560 g/mol. The highest BCUT2D eigenvalue weighted by Crippen LogP contribution is 2.32. The van der Waals surface area contributed by atoms with Gasteiger partial charge in [-0.2, -0.15) is 8.42 Å². The number of anilines is 2. The SMILES string of the molecule is COC[C@H]1CCCN1c1nc(-c2cc(F)cc(OCC(C)C)c2)ccc1C(=O)NS(=O)(=O)c1cccc(N)n1.[HH]. The molecule has 10 nitrogen and oxygen atoms in total. The summed E-state index contributed by atoms with van der Waals surface area (Å²) < 4.78 is 53.4. The van der Waals surface area contributed by atoms with Crippen molar-refractivity contribution in [2.24, 2.45) is 5.92 Å². The van der Waals surface area contributed by atoms with Crippen molar-refractivity contribution in [3.8, 4) is 17.0 Å². The van der Waals surface area contributed by atoms with Gasteiger partial charge in [0.05, 0.1) is 30.5 Å². The van der Waals surface area contributed by atoms with E-state index in [0.29, 0.717) is 36.8 Å². The topological polar surface area (TPSA) is 137 Å². The van der Waals surface area contributed by atoms with Crippen LogP contribution in [0.5, 0.6) is 5.75 Å². The molecule has 1 aliphatic heterocycles. The van der Waals surface area contributed by atoms with Gasteiger partial charge in [-0.05, 0) is 55.2 Å². The minimum atomic E-state index is -4.31. The molecule has 3 N–H and O–H groups in total. The molecule has 0 radical (unpaired) electrons. The Labute approximate surface area is 228 Å². The van der Waals surface area contributed by atoms with Crippen LogP contribution in [0.15, 0.2) is 53.6 Å². The molecule has 0 unspecified atom stereocenters. The molecular weight excluding hydrogens is 525 g/mol. The molecule has 12 heteroatoms. The van der Waals surface area contributed by atoms with E-state index in [1.54, 1.807) is 19.2 Å². The minimum Gasteiger partial charge on any atom is -0.493 e. The van der Waals surface area contributed by atoms with Crippen molar-refractivity contribution in [1.82, 2.24) is 14.7 Å². The van der Waals surface area contributed by atoms with Crippen LogP contribution in [0.2, 0.25) is 0 Å². The van der Waals surface area contributed by atoms with Crippen molar-refractivity contribution in [3.05, 3.63) is 59.9 Å². The molecule has 1 atom stereocenters. The lowest BCUT2D eigenvalue weighted by atomic mass is 10.1. The van der Waals surface area contributed by atoms with Gasteiger partial charge in [-0.15, -0.1) is 0 Å². The lowest BCUT2D eigenvalue weighted by molar-refractivity contribution is 0.0981. The highest BCUT2D eigenvalue weighted by atomic mass is 32.2. The van der Waals surface area contributed by atoms with Gasteiger partial charge in [0, 0.05) is 26.7 Å². The third-order valence-corrected chi connectivity index (χ3v) is 7.36. The van der Waals surface area contributed by atoms with Gasteiger partial charge in [0.15, 0.2) is 5.03 Å². The highest BCUT2D eigenvalue weighted by Gasteiger charge is 2.31. The number of carbonyl (C=O) groups is 1. The predicted octanol–water partition coefficient (Wildman–Crippen LogP) is 3.88. The van der Waals surface area contributed by atoms with Crippen LogP contribution >= 0.6 is 0 Å². The molecule has 1 saturated heterocycles. The Morgan fingerprint density at radius 3 is 2.74 bits per heavy atom. The summed E-state index contributed by atoms with van der Waals surface area (Å²) in [5, 5.41) is -0.380. The summed E-state index contributed by atoms with van der Waals surface area (Å²) in [6.07, 6.45) is 1.64. The quantitative estimate of drug-likeness (QED) is 0.379. The number of hydrogen-bond acceptors (Lipinski definition) is 9. The summed E-state index contributed by atoms with van der Waals surface area (Å²) in [5.41, 5.74) is 6.53. The Kier molecular flexibility index (Phi) is 8.66. The Balaban J connectivity index is 0.00000441. The first kappa shape index (κ1) is 28.2. The number of amides is 1. The van der Waals surface area contributed by atoms with E-state index in [2.05, 4.69) is 9.71 Å². The van der Waals surface area contributed by atoms with Gasteiger partial charge in [-0.3, -0.25) is 4.79 Å². The van der Waals surface area contributed by atoms with Gasteiger partial charge in [-0.1, -0.05) is 19.9 Å². The third-order valence-electron chi connectivity index (χ3n) is 6.13. The molecule has 0 aliphatic carbocycles. The largest absolute Gasteiger partial charge is 0.493 e. The van der Waals surface area contributed by atoms with Gasteiger partial charge in [0.1, 0.15) is 23.2 Å². The summed E-state index contributed by atoms with van der Waals surface area (Å²) in [5.74, 6) is -0.473. The Hall–Kier alpha value is -3.77. The standard InChI is InChI=1S/C27H32FN5O5S.H2/c1-17(2)15-38-21-13-18(12-19(28)14-21)23-10-9-22(26(30-23)33-11-5-6-20(33)16-37-3)27(34)32-39(35,36)25-8-4-7-24(29)31-25;/h4,7-10,12-14,17,20H,5-6,11,15-16H2,1-3H3,(H2,29,31)(H,32,34);1H/t20-;/m1./s1. The number of rotatable bonds is 10. The second kappa shape index (κ2) is 12.0. The molecule has 39 heavy (non-hydrogen) atoms. The fourth-order valence-corrected chi connectivity index (χ4v) is 5.29. The number of benzene rings is 1. The van der Waals surface area contributed by atoms with E-state index in [4.69, 9.17) is 20.2 Å². The normalized spacial score (nSPS) is 15.5. The van der Waals surface area contributed by atoms with Crippen molar-refractivity contribution in [2.75, 3.05) is 37.5 Å². The second-order valence-corrected chi connectivity index (χ2v) is 11.4. The summed E-state index contributed by atoms with van der Waals surface area (Å²) >= 11 is 0. The molecule has 3 aromatic rings. The highest BCUT2D eigenvalue weighted by molar-refractivity contribution is 7.90. The van der Waals surface area contributed by atoms with E-state index in [1.807, 2.05) is 18.7 Å². The Morgan fingerprint density at radius 2 is 2.03 bits per heavy atom. The third kappa shape index (κ3) is 6.82. The monoisotopic (exact) mass is 559 g/mol. The predicted molar refractivity (Wildman–Crippen MR) is 148 cm³/mol. The maximum atomic E-state index is 14.5. The first-order valence-electron chi connectivity index (χ1n) is 12.6. The number of pyridine rings is 2. The van der Waals surface area contributed by atoms with Crippen LogP contribution in [-0.4, -0.2) is 57.2 Å². The fraction of sp³-hybridized carbons (Fsp3) is 0.370. The second-order valence-electron chi connectivity index (χ2n) is 9.73. The zero-order valence-electron chi connectivity index (χ0n) is 22.1. The molecule has 1 aliphatic rings. The molecule has 3 heterocycles. The zero-order chi connectivity index (χ0) is 28.2. The van der Waals surface area contributed by atoms with Gasteiger partial charge in [0.2, 0.25) is 0 Å². The number of halogens is 1. The molecule has 0 spiro atoms. The summed E-state index contributed by atoms with van der Waals surface area (Å²) in [4.78, 5) is 23.8. The Morgan fingerprint density at radius 1 is 1.23 bits per heavy atom. The molecule has 0 saturated carbocycles. The molecule has 210 valence electrons. The van der Waals surface area contributed by atoms with E-state index in [9.17, 15) is 17.6 Å². The molecular formula is C27H34FN5O5S. The summed E-state index contributed by atoms with van der Waals surface area (Å²) in [6.45, 7) is 5.38. The molecule has 4 rings (SSSR count). The van der Waals surface area contributed by atoms with Gasteiger partial charge in [-0.25, -0.2) is 19.1 Å². The lowest BCUT2D eigenvalue weighted by Crippen LogP contribution is -2.37. The molecule has 1 aromatic carbocycles. The first-order chi connectivity index (χ1) is 18.6. The first-order valence-corrected chi connectivity index (χ1v) is 14.1. The number of sulfonamides is 1. The number of aromatic nitrogens is 2. The number of methoxy groups -OCH3 is 1. The molecule has 2 aromatic heterocycles. The smallest absolute Gasteiger partial charge is 0.281 e. The molecule has 1 fully saturated rings. The number of carbonyl (C=O) groups excluding carboxylic acids is 1. The number of ether oxygens (including phenoxy) is 2. The van der Waals surface area contributed by atoms with E-state index in [0.717, 1.165) is 12.8 Å². The Bertz CT molecular complexity index is 1460. The van der Waals surface area contributed by atoms with Gasteiger partial charge < -0.3 is 20.1 Å². The van der Waals surface area contributed by atoms with Crippen molar-refractivity contribution in [1.29, 1.82) is 0 Å². The van der Waals surface area contributed by atoms with Crippen molar-refractivity contribution < 1.29 is 28.5 Å². The maximum absolute atomic E-state index is 14.5. The zero-order valence-corrected chi connectivity index (χ0v) is 22.9. The van der Waals surface area contributed by atoms with E-state index >= 15 is 0 Å². The van der Waals surface area contributed by atoms with Crippen LogP contribution in [0.3, 0.4) is 0 Å². The van der Waals surface area contributed by atoms with Crippen LogP contribution in [-0.2, 0) is 14.8 Å². The van der Waals surface area contributed by atoms with Crippen LogP contribution in [0.1, 0.15) is 38.5 Å². The number of nitrogens with one attached hydrogen (secondary N) is 1. The van der Waals surface area contributed by atoms with Crippen LogP contribution in [0.4, 0.5) is 16.0 Å². The average Bonchev–Trinajstić information content (AvgIpc) is 3.35. The van der Waals surface area contributed by atoms with Crippen LogP contribution in [0, 0.1) is 11.7 Å². The van der Waals surface area contributed by atoms with Gasteiger partial charge in [0.25, 0.3) is 15.9 Å². The number of hydrogen-bond donors (Lipinski definition) is 2. The summed E-state index contributed by atoms with van der Waals surface area (Å²) in [7, 11) is -2.72. The fourth-order valence-electron chi connectivity index (χ4n) is 4.35. The maximum Gasteiger partial charge on any atom is 0.281 e. The van der Waals surface area contributed by atoms with Gasteiger partial charge >= 0.3 is 0 Å². The van der Waals surface area contributed by atoms with Crippen LogP contribution < -0.4 is 20.1 Å². The number of nitrogens with two attached hydrogens (primary N) is 1. The molecule has 1 amide bonds. The van der Waals surface area contributed by atoms with Crippen LogP contribution in [0.25, 0.3) is 11.3 Å². The number of nitrogen functional groups attached to an aromatic ring is 1. The van der Waals surface area contributed by atoms with E-state index < -0.39 is 21.7 Å². The van der Waals surface area contributed by atoms with E-state index in [1.165, 1.54) is 36.4 Å². The number of nitrogens with zero attached hydrogens (tertiary/aromatic N) is 3. The van der Waals surface area contributed by atoms with Crippen molar-refractivity contribution >= 4 is 27.6 Å². The minimum absolute atomic E-state index is 0. The van der Waals surface area contributed by atoms with E-state index in [-0.39, 0.29) is 35.6 Å². The molecule has 0 bridgehead atoms. The van der Waals surface area contributed by atoms with Crippen molar-refractivity contribution in [2.45, 2.75) is 37.8 Å².